The number of carbonyl (C=O) groups is 1. The van der Waals surface area contributed by atoms with Crippen molar-refractivity contribution in [2.75, 3.05) is 41.7 Å². The highest BCUT2D eigenvalue weighted by Gasteiger charge is 2.18. The zero-order valence-corrected chi connectivity index (χ0v) is 16.2. The summed E-state index contributed by atoms with van der Waals surface area (Å²) in [5, 5.41) is 5.56. The van der Waals surface area contributed by atoms with E-state index >= 15 is 0 Å². The highest BCUT2D eigenvalue weighted by molar-refractivity contribution is 5.99. The van der Waals surface area contributed by atoms with Gasteiger partial charge in [0.15, 0.2) is 0 Å². The maximum Gasteiger partial charge on any atom is 0.324 e. The van der Waals surface area contributed by atoms with Crippen LogP contribution in [0.5, 0.6) is 0 Å². The highest BCUT2D eigenvalue weighted by atomic mass is 16.2. The topological polar surface area (TPSA) is 73.4 Å². The van der Waals surface area contributed by atoms with Gasteiger partial charge in [-0.25, -0.2) is 14.8 Å². The second kappa shape index (κ2) is 9.16. The maximum absolute atomic E-state index is 12.2. The van der Waals surface area contributed by atoms with E-state index in [0.29, 0.717) is 5.82 Å². The molecule has 2 heterocycles. The van der Waals surface area contributed by atoms with Crippen LogP contribution in [-0.4, -0.2) is 47.1 Å². The number of aromatic nitrogens is 2. The number of para-hydroxylation sites is 1. The molecule has 0 radical (unpaired) electrons. The average molecular weight is 388 g/mol. The van der Waals surface area contributed by atoms with Crippen LogP contribution < -0.4 is 15.5 Å². The molecular formula is C22H24N6O. The minimum absolute atomic E-state index is 0.325. The van der Waals surface area contributed by atoms with Crippen LogP contribution in [0.2, 0.25) is 0 Å². The molecule has 0 unspecified atom stereocenters. The molecule has 7 heteroatoms. The number of nitrogens with zero attached hydrogens (tertiary/aromatic N) is 4. The third-order valence-electron chi connectivity index (χ3n) is 4.87. The van der Waals surface area contributed by atoms with Crippen LogP contribution in [0.3, 0.4) is 0 Å². The minimum atomic E-state index is -0.325. The van der Waals surface area contributed by atoms with E-state index in [1.165, 1.54) is 11.9 Å². The van der Waals surface area contributed by atoms with E-state index in [9.17, 15) is 4.79 Å². The summed E-state index contributed by atoms with van der Waals surface area (Å²) < 4.78 is 0. The molecule has 2 aromatic carbocycles. The zero-order chi connectivity index (χ0) is 19.9. The molecule has 0 aliphatic carbocycles. The average Bonchev–Trinajstić information content (AvgIpc) is 2.76. The Balaban J connectivity index is 1.31. The second-order valence-corrected chi connectivity index (χ2v) is 6.96. The van der Waals surface area contributed by atoms with Crippen LogP contribution in [0.15, 0.2) is 73.1 Å². The van der Waals surface area contributed by atoms with Gasteiger partial charge in [-0.1, -0.05) is 48.5 Å². The van der Waals surface area contributed by atoms with Crippen molar-refractivity contribution < 1.29 is 4.79 Å². The SMILES string of the molecule is O=C(Nc1ccccc1)Nc1cc(N2CCN(Cc3ccccc3)CC2)ncn1. The number of rotatable bonds is 5. The van der Waals surface area contributed by atoms with Gasteiger partial charge in [0.05, 0.1) is 0 Å². The number of anilines is 3. The monoisotopic (exact) mass is 388 g/mol. The molecule has 7 nitrogen and oxygen atoms in total. The number of amides is 2. The summed E-state index contributed by atoms with van der Waals surface area (Å²) >= 11 is 0. The zero-order valence-electron chi connectivity index (χ0n) is 16.2. The summed E-state index contributed by atoms with van der Waals surface area (Å²) in [6.07, 6.45) is 1.49. The van der Waals surface area contributed by atoms with Gasteiger partial charge in [-0.15, -0.1) is 0 Å². The fourth-order valence-corrected chi connectivity index (χ4v) is 3.37. The lowest BCUT2D eigenvalue weighted by Gasteiger charge is -2.35. The molecule has 0 spiro atoms. The molecule has 2 N–H and O–H groups in total. The molecule has 2 amide bonds. The van der Waals surface area contributed by atoms with Crippen LogP contribution in [0.1, 0.15) is 5.56 Å². The number of carbonyl (C=O) groups excluding carboxylic acids is 1. The van der Waals surface area contributed by atoms with E-state index < -0.39 is 0 Å². The van der Waals surface area contributed by atoms with Crippen molar-refractivity contribution in [3.05, 3.63) is 78.6 Å². The van der Waals surface area contributed by atoms with Gasteiger partial charge in [-0.3, -0.25) is 10.2 Å². The Morgan fingerprint density at radius 2 is 1.55 bits per heavy atom. The molecule has 1 aromatic heterocycles. The first kappa shape index (κ1) is 18.9. The lowest BCUT2D eigenvalue weighted by Crippen LogP contribution is -2.46. The van der Waals surface area contributed by atoms with Gasteiger partial charge >= 0.3 is 6.03 Å². The molecule has 1 aliphatic heterocycles. The van der Waals surface area contributed by atoms with Crippen LogP contribution in [0.25, 0.3) is 0 Å². The van der Waals surface area contributed by atoms with E-state index in [0.717, 1.165) is 44.2 Å². The molecule has 0 bridgehead atoms. The van der Waals surface area contributed by atoms with Gasteiger partial charge in [-0.05, 0) is 17.7 Å². The van der Waals surface area contributed by atoms with E-state index in [-0.39, 0.29) is 6.03 Å². The molecule has 1 aliphatic rings. The number of hydrogen-bond donors (Lipinski definition) is 2. The third-order valence-corrected chi connectivity index (χ3v) is 4.87. The van der Waals surface area contributed by atoms with Crippen LogP contribution in [0, 0.1) is 0 Å². The first-order chi connectivity index (χ1) is 14.3. The summed E-state index contributed by atoms with van der Waals surface area (Å²) in [6, 6.07) is 21.3. The molecule has 4 rings (SSSR count). The van der Waals surface area contributed by atoms with Crippen molar-refractivity contribution >= 4 is 23.4 Å². The molecule has 1 saturated heterocycles. The van der Waals surface area contributed by atoms with Crippen molar-refractivity contribution in [1.82, 2.24) is 14.9 Å². The van der Waals surface area contributed by atoms with Gasteiger partial charge in [0.2, 0.25) is 0 Å². The van der Waals surface area contributed by atoms with Crippen molar-refractivity contribution in [2.45, 2.75) is 6.54 Å². The Kier molecular flexibility index (Phi) is 5.97. The lowest BCUT2D eigenvalue weighted by molar-refractivity contribution is 0.249. The summed E-state index contributed by atoms with van der Waals surface area (Å²) in [6.45, 7) is 4.68. The predicted octanol–water partition coefficient (Wildman–Crippen LogP) is 3.44. The predicted molar refractivity (Wildman–Crippen MR) is 115 cm³/mol. The summed E-state index contributed by atoms with van der Waals surface area (Å²) in [7, 11) is 0. The van der Waals surface area contributed by atoms with E-state index in [2.05, 4.69) is 54.7 Å². The fourth-order valence-electron chi connectivity index (χ4n) is 3.37. The van der Waals surface area contributed by atoms with Crippen molar-refractivity contribution in [1.29, 1.82) is 0 Å². The minimum Gasteiger partial charge on any atom is -0.354 e. The van der Waals surface area contributed by atoms with Gasteiger partial charge in [-0.2, -0.15) is 0 Å². The van der Waals surface area contributed by atoms with Crippen LogP contribution in [0.4, 0.5) is 22.1 Å². The summed E-state index contributed by atoms with van der Waals surface area (Å²) in [5.41, 5.74) is 2.06. The normalized spacial score (nSPS) is 14.4. The Hall–Kier alpha value is -3.45. The smallest absolute Gasteiger partial charge is 0.324 e. The molecule has 29 heavy (non-hydrogen) atoms. The summed E-state index contributed by atoms with van der Waals surface area (Å²) in [5.74, 6) is 1.31. The van der Waals surface area contributed by atoms with Gasteiger partial charge in [0.25, 0.3) is 0 Å². The third kappa shape index (κ3) is 5.30. The van der Waals surface area contributed by atoms with E-state index in [1.807, 2.05) is 42.5 Å². The van der Waals surface area contributed by atoms with Gasteiger partial charge in [0.1, 0.15) is 18.0 Å². The van der Waals surface area contributed by atoms with Crippen LogP contribution >= 0.6 is 0 Å². The van der Waals surface area contributed by atoms with Crippen LogP contribution in [-0.2, 0) is 6.54 Å². The summed E-state index contributed by atoms with van der Waals surface area (Å²) in [4.78, 5) is 25.4. The Labute approximate surface area is 170 Å². The number of urea groups is 1. The van der Waals surface area contributed by atoms with E-state index in [4.69, 9.17) is 0 Å². The molecule has 3 aromatic rings. The molecule has 0 saturated carbocycles. The largest absolute Gasteiger partial charge is 0.354 e. The maximum atomic E-state index is 12.2. The molecule has 1 fully saturated rings. The van der Waals surface area contributed by atoms with Crippen molar-refractivity contribution in [3.8, 4) is 0 Å². The Bertz CT molecular complexity index is 926. The van der Waals surface area contributed by atoms with Gasteiger partial charge in [0, 0.05) is 44.5 Å². The Morgan fingerprint density at radius 1 is 0.862 bits per heavy atom. The quantitative estimate of drug-likeness (QED) is 0.700. The first-order valence-corrected chi connectivity index (χ1v) is 9.72. The number of piperazine rings is 1. The van der Waals surface area contributed by atoms with Gasteiger partial charge < -0.3 is 10.2 Å². The number of benzene rings is 2. The van der Waals surface area contributed by atoms with Crippen molar-refractivity contribution in [2.24, 2.45) is 0 Å². The van der Waals surface area contributed by atoms with E-state index in [1.54, 1.807) is 0 Å². The van der Waals surface area contributed by atoms with Crippen molar-refractivity contribution in [3.63, 3.8) is 0 Å². The molecule has 0 atom stereocenters. The lowest BCUT2D eigenvalue weighted by atomic mass is 10.2. The first-order valence-electron chi connectivity index (χ1n) is 9.72. The number of hydrogen-bond acceptors (Lipinski definition) is 5. The fraction of sp³-hybridized carbons (Fsp3) is 0.227. The number of nitrogens with one attached hydrogen (secondary N) is 2. The Morgan fingerprint density at radius 3 is 2.28 bits per heavy atom. The second-order valence-electron chi connectivity index (χ2n) is 6.96. The molecule has 148 valence electrons. The molecular weight excluding hydrogens is 364 g/mol. The highest BCUT2D eigenvalue weighted by Crippen LogP contribution is 2.17. The standard InChI is InChI=1S/C22H24N6O/c29-22(25-19-9-5-2-6-10-19)26-20-15-21(24-17-23-20)28-13-11-27(12-14-28)16-18-7-3-1-4-8-18/h1-10,15,17H,11-14,16H2,(H2,23,24,25,26,29).